The van der Waals surface area contributed by atoms with Crippen LogP contribution in [0.5, 0.6) is 0 Å². The molecule has 0 bridgehead atoms. The predicted octanol–water partition coefficient (Wildman–Crippen LogP) is -0.0330. The summed E-state index contributed by atoms with van der Waals surface area (Å²) in [7, 11) is 3.44. The highest BCUT2D eigenvalue weighted by Crippen LogP contribution is 2.26. The second kappa shape index (κ2) is 6.72. The first-order valence-electron chi connectivity index (χ1n) is 8.22. The Hall–Kier alpha value is -2.61. The fourth-order valence-corrected chi connectivity index (χ4v) is 3.26. The summed E-state index contributed by atoms with van der Waals surface area (Å²) >= 11 is 0. The van der Waals surface area contributed by atoms with Crippen LogP contribution >= 0.6 is 0 Å². The number of fused-ring (bicyclic) bond motifs is 1. The van der Waals surface area contributed by atoms with E-state index in [1.54, 1.807) is 11.9 Å². The average Bonchev–Trinajstić information content (AvgIpc) is 2.93. The van der Waals surface area contributed by atoms with Gasteiger partial charge in [-0.3, -0.25) is 10.1 Å². The molecule has 2 heterocycles. The lowest BCUT2D eigenvalue weighted by Crippen LogP contribution is -2.64. The van der Waals surface area contributed by atoms with Crippen LogP contribution < -0.4 is 5.32 Å². The number of rotatable bonds is 4. The van der Waals surface area contributed by atoms with Gasteiger partial charge in [0.25, 0.3) is 5.91 Å². The maximum Gasteiger partial charge on any atom is 0.325 e. The van der Waals surface area contributed by atoms with Crippen molar-refractivity contribution in [2.75, 3.05) is 27.2 Å². The maximum atomic E-state index is 12.5. The monoisotopic (exact) mass is 345 g/mol. The average molecular weight is 345 g/mol. The minimum Gasteiger partial charge on any atom is -0.395 e. The highest BCUT2D eigenvalue weighted by atomic mass is 16.3. The third-order valence-electron chi connectivity index (χ3n) is 4.55. The molecule has 0 aliphatic carbocycles. The summed E-state index contributed by atoms with van der Waals surface area (Å²) < 4.78 is 0. The van der Waals surface area contributed by atoms with Gasteiger partial charge in [0.2, 0.25) is 0 Å². The van der Waals surface area contributed by atoms with Crippen LogP contribution in [0.1, 0.15) is 11.1 Å². The Balaban J connectivity index is 1.95. The summed E-state index contributed by atoms with van der Waals surface area (Å²) in [5, 5.41) is 11.6. The molecule has 2 unspecified atom stereocenters. The second-order valence-corrected chi connectivity index (χ2v) is 6.45. The lowest BCUT2D eigenvalue weighted by molar-refractivity contribution is -0.127. The third kappa shape index (κ3) is 3.17. The lowest BCUT2D eigenvalue weighted by Gasteiger charge is -2.37. The van der Waals surface area contributed by atoms with Crippen LogP contribution in [-0.2, 0) is 11.3 Å². The van der Waals surface area contributed by atoms with Crippen molar-refractivity contribution in [3.63, 3.8) is 0 Å². The number of urea groups is 1. The first kappa shape index (κ1) is 17.2. The fourth-order valence-electron chi connectivity index (χ4n) is 3.26. The van der Waals surface area contributed by atoms with Gasteiger partial charge in [-0.15, -0.1) is 0 Å². The molecule has 2 N–H and O–H groups in total. The number of benzene rings is 1. The Kier molecular flexibility index (Phi) is 4.63. The van der Waals surface area contributed by atoms with Crippen molar-refractivity contribution in [3.05, 3.63) is 35.4 Å². The first-order chi connectivity index (χ1) is 11.9. The number of aliphatic hydroxyl groups excluding tert-OH is 1. The third-order valence-corrected chi connectivity index (χ3v) is 4.55. The van der Waals surface area contributed by atoms with Gasteiger partial charge in [-0.25, -0.2) is 9.79 Å². The van der Waals surface area contributed by atoms with Crippen LogP contribution in [0, 0.1) is 6.92 Å². The SMILES string of the molecule is Cc1cccc(CN2C(N(C)CCO)=NC3C2C(=O)NC(=O)N3C)c1. The molecule has 1 aromatic rings. The smallest absolute Gasteiger partial charge is 0.325 e. The summed E-state index contributed by atoms with van der Waals surface area (Å²) in [5.41, 5.74) is 2.19. The molecule has 1 aromatic carbocycles. The zero-order valence-electron chi connectivity index (χ0n) is 14.6. The number of imide groups is 1. The number of guanidine groups is 1. The van der Waals surface area contributed by atoms with E-state index >= 15 is 0 Å². The molecule has 0 aromatic heterocycles. The van der Waals surface area contributed by atoms with Crippen LogP contribution in [-0.4, -0.2) is 77.2 Å². The van der Waals surface area contributed by atoms with E-state index in [0.717, 1.165) is 11.1 Å². The van der Waals surface area contributed by atoms with E-state index in [0.29, 0.717) is 19.0 Å². The van der Waals surface area contributed by atoms with Gasteiger partial charge in [0, 0.05) is 27.2 Å². The van der Waals surface area contributed by atoms with Crippen molar-refractivity contribution >= 4 is 17.9 Å². The molecular formula is C17H23N5O3. The van der Waals surface area contributed by atoms with Gasteiger partial charge < -0.3 is 19.8 Å². The highest BCUT2D eigenvalue weighted by Gasteiger charge is 2.49. The summed E-state index contributed by atoms with van der Waals surface area (Å²) in [4.78, 5) is 34.1. The molecule has 0 spiro atoms. The van der Waals surface area contributed by atoms with Crippen molar-refractivity contribution in [1.82, 2.24) is 20.0 Å². The standard InChI is InChI=1S/C17H23N5O3/c1-11-5-4-6-12(9-11)10-22-13-14(18-16(22)20(2)7-8-23)21(3)17(25)19-15(13)24/h4-6,9,13-14,23H,7-8,10H2,1-3H3,(H,19,24,25). The zero-order chi connectivity index (χ0) is 18.1. The minimum atomic E-state index is -0.584. The topological polar surface area (TPSA) is 88.5 Å². The number of aliphatic imine (C=N–C) groups is 1. The number of aryl methyl sites for hydroxylation is 1. The second-order valence-electron chi connectivity index (χ2n) is 6.45. The van der Waals surface area contributed by atoms with Crippen LogP contribution in [0.4, 0.5) is 4.79 Å². The van der Waals surface area contributed by atoms with E-state index in [9.17, 15) is 14.7 Å². The molecule has 2 aliphatic rings. The zero-order valence-corrected chi connectivity index (χ0v) is 14.6. The molecule has 3 rings (SSSR count). The number of amides is 3. The molecule has 2 aliphatic heterocycles. The van der Waals surface area contributed by atoms with Crippen molar-refractivity contribution in [1.29, 1.82) is 0 Å². The van der Waals surface area contributed by atoms with E-state index in [1.165, 1.54) is 4.90 Å². The van der Waals surface area contributed by atoms with Crippen molar-refractivity contribution < 1.29 is 14.7 Å². The molecule has 8 heteroatoms. The number of likely N-dealkylation sites (N-methyl/N-ethyl adjacent to an activating group) is 2. The summed E-state index contributed by atoms with van der Waals surface area (Å²) in [5.74, 6) is 0.249. The van der Waals surface area contributed by atoms with Gasteiger partial charge in [0.15, 0.2) is 18.2 Å². The van der Waals surface area contributed by atoms with Gasteiger partial charge in [0.1, 0.15) is 0 Å². The Morgan fingerprint density at radius 1 is 1.36 bits per heavy atom. The minimum absolute atomic E-state index is 0.0237. The number of carbonyl (C=O) groups excluding carboxylic acids is 2. The van der Waals surface area contributed by atoms with Crippen LogP contribution in [0.3, 0.4) is 0 Å². The highest BCUT2D eigenvalue weighted by molar-refractivity contribution is 6.03. The van der Waals surface area contributed by atoms with E-state index in [4.69, 9.17) is 0 Å². The number of nitrogens with one attached hydrogen (secondary N) is 1. The largest absolute Gasteiger partial charge is 0.395 e. The van der Waals surface area contributed by atoms with E-state index in [1.807, 2.05) is 37.1 Å². The summed E-state index contributed by atoms with van der Waals surface area (Å²) in [6, 6.07) is 7.02. The Labute approximate surface area is 146 Å². The van der Waals surface area contributed by atoms with Crippen molar-refractivity contribution in [2.45, 2.75) is 25.7 Å². The summed E-state index contributed by atoms with van der Waals surface area (Å²) in [6.07, 6.45) is -0.567. The Morgan fingerprint density at radius 2 is 2.12 bits per heavy atom. The quantitative estimate of drug-likeness (QED) is 0.800. The predicted molar refractivity (Wildman–Crippen MR) is 92.8 cm³/mol. The number of hydrogen-bond acceptors (Lipinski definition) is 6. The van der Waals surface area contributed by atoms with Gasteiger partial charge in [0.05, 0.1) is 6.61 Å². The fraction of sp³-hybridized carbons (Fsp3) is 0.471. The van der Waals surface area contributed by atoms with Gasteiger partial charge >= 0.3 is 6.03 Å². The number of aliphatic hydroxyl groups is 1. The molecule has 0 saturated carbocycles. The molecule has 1 fully saturated rings. The van der Waals surface area contributed by atoms with Crippen LogP contribution in [0.2, 0.25) is 0 Å². The van der Waals surface area contributed by atoms with Crippen LogP contribution in [0.15, 0.2) is 29.3 Å². The van der Waals surface area contributed by atoms with E-state index in [2.05, 4.69) is 16.4 Å². The number of nitrogens with zero attached hydrogens (tertiary/aromatic N) is 4. The number of carbonyl (C=O) groups is 2. The molecule has 1 saturated heterocycles. The lowest BCUT2D eigenvalue weighted by atomic mass is 10.1. The molecule has 25 heavy (non-hydrogen) atoms. The Morgan fingerprint density at radius 3 is 2.80 bits per heavy atom. The van der Waals surface area contributed by atoms with Gasteiger partial charge in [-0.2, -0.15) is 0 Å². The molecule has 3 amide bonds. The molecule has 134 valence electrons. The van der Waals surface area contributed by atoms with Gasteiger partial charge in [-0.05, 0) is 12.5 Å². The number of hydrogen-bond donors (Lipinski definition) is 2. The van der Waals surface area contributed by atoms with E-state index < -0.39 is 18.2 Å². The molecule has 8 nitrogen and oxygen atoms in total. The normalized spacial score (nSPS) is 22.6. The molecule has 2 atom stereocenters. The maximum absolute atomic E-state index is 12.5. The first-order valence-corrected chi connectivity index (χ1v) is 8.22. The summed E-state index contributed by atoms with van der Waals surface area (Å²) in [6.45, 7) is 2.88. The van der Waals surface area contributed by atoms with Crippen LogP contribution in [0.25, 0.3) is 0 Å². The Bertz CT molecular complexity index is 720. The van der Waals surface area contributed by atoms with Crippen molar-refractivity contribution in [2.24, 2.45) is 4.99 Å². The van der Waals surface area contributed by atoms with Crippen molar-refractivity contribution in [3.8, 4) is 0 Å². The molecular weight excluding hydrogens is 322 g/mol. The molecule has 0 radical (unpaired) electrons. The van der Waals surface area contributed by atoms with E-state index in [-0.39, 0.29) is 12.5 Å². The van der Waals surface area contributed by atoms with Gasteiger partial charge in [-0.1, -0.05) is 29.8 Å².